The molecule has 0 fully saturated rings. The molecule has 0 bridgehead atoms. The first-order valence-electron chi connectivity index (χ1n) is 4.78. The highest BCUT2D eigenvalue weighted by Gasteiger charge is 2.34. The molecule has 0 aromatic rings. The van der Waals surface area contributed by atoms with Gasteiger partial charge in [-0.1, -0.05) is 30.7 Å². The minimum Gasteiger partial charge on any atom is -0.482 e. The normalized spacial score (nSPS) is 30.0. The monoisotopic (exact) mass is 177 g/mol. The Morgan fingerprint density at radius 3 is 3.08 bits per heavy atom. The summed E-state index contributed by atoms with van der Waals surface area (Å²) in [6, 6.07) is 0. The van der Waals surface area contributed by atoms with E-state index in [1.54, 1.807) is 0 Å². The highest BCUT2D eigenvalue weighted by atomic mass is 16.5. The number of ether oxygens (including phenoxy) is 1. The summed E-state index contributed by atoms with van der Waals surface area (Å²) in [5.41, 5.74) is 6.85. The second-order valence-corrected chi connectivity index (χ2v) is 3.42. The molecule has 2 nitrogen and oxygen atoms in total. The number of nitrogens with two attached hydrogens (primary N) is 1. The first-order valence-corrected chi connectivity index (χ1v) is 4.78. The molecule has 0 aromatic carbocycles. The van der Waals surface area contributed by atoms with Crippen molar-refractivity contribution in [2.75, 3.05) is 6.73 Å². The molecule has 2 N–H and O–H groups in total. The summed E-state index contributed by atoms with van der Waals surface area (Å²) in [6.45, 7) is 2.46. The number of hydrogen-bond acceptors (Lipinski definition) is 2. The summed E-state index contributed by atoms with van der Waals surface area (Å²) in [5.74, 6) is 2.08. The lowest BCUT2D eigenvalue weighted by molar-refractivity contribution is 0.175. The van der Waals surface area contributed by atoms with Crippen molar-refractivity contribution < 1.29 is 4.74 Å². The Kier molecular flexibility index (Phi) is 2.23. The Balaban J connectivity index is 2.16. The van der Waals surface area contributed by atoms with E-state index >= 15 is 0 Å². The highest BCUT2D eigenvalue weighted by molar-refractivity contribution is 5.38. The van der Waals surface area contributed by atoms with Crippen molar-refractivity contribution in [3.63, 3.8) is 0 Å². The van der Waals surface area contributed by atoms with E-state index in [0.717, 1.165) is 12.2 Å². The molecule has 0 heterocycles. The Labute approximate surface area is 78.8 Å². The number of rotatable bonds is 3. The summed E-state index contributed by atoms with van der Waals surface area (Å²) < 4.78 is 5.40. The molecule has 2 heteroatoms. The van der Waals surface area contributed by atoms with E-state index in [2.05, 4.69) is 25.2 Å². The maximum Gasteiger partial charge on any atom is 0.136 e. The molecular formula is C11H15NO. The third-order valence-corrected chi connectivity index (χ3v) is 2.75. The first kappa shape index (κ1) is 8.57. The van der Waals surface area contributed by atoms with Gasteiger partial charge in [0.1, 0.15) is 12.5 Å². The van der Waals surface area contributed by atoms with Gasteiger partial charge in [-0.2, -0.15) is 0 Å². The van der Waals surface area contributed by atoms with Gasteiger partial charge in [0.05, 0.1) is 0 Å². The molecule has 0 saturated heterocycles. The van der Waals surface area contributed by atoms with Crippen LogP contribution in [0.3, 0.4) is 0 Å². The zero-order chi connectivity index (χ0) is 9.26. The van der Waals surface area contributed by atoms with E-state index in [9.17, 15) is 0 Å². The van der Waals surface area contributed by atoms with E-state index in [0.29, 0.717) is 11.8 Å². The van der Waals surface area contributed by atoms with Gasteiger partial charge >= 0.3 is 0 Å². The second-order valence-electron chi connectivity index (χ2n) is 3.42. The topological polar surface area (TPSA) is 35.2 Å². The molecule has 0 aromatic heterocycles. The minimum atomic E-state index is 0.278. The number of allylic oxidation sites excluding steroid dienone is 5. The number of fused-ring (bicyclic) bond motifs is 1. The Bertz CT molecular complexity index is 288. The zero-order valence-electron chi connectivity index (χ0n) is 7.86. The van der Waals surface area contributed by atoms with Crippen molar-refractivity contribution in [2.24, 2.45) is 17.6 Å². The molecular weight excluding hydrogens is 162 g/mol. The van der Waals surface area contributed by atoms with Gasteiger partial charge < -0.3 is 4.74 Å². The van der Waals surface area contributed by atoms with Gasteiger partial charge in [0.15, 0.2) is 0 Å². The van der Waals surface area contributed by atoms with Crippen LogP contribution in [0.5, 0.6) is 0 Å². The molecule has 70 valence electrons. The van der Waals surface area contributed by atoms with E-state index < -0.39 is 0 Å². The van der Waals surface area contributed by atoms with Crippen LogP contribution in [0.2, 0.25) is 0 Å². The van der Waals surface area contributed by atoms with Crippen LogP contribution in [0, 0.1) is 11.8 Å². The summed E-state index contributed by atoms with van der Waals surface area (Å²) in [7, 11) is 0. The van der Waals surface area contributed by atoms with Gasteiger partial charge in [0.25, 0.3) is 0 Å². The second kappa shape index (κ2) is 3.38. The largest absolute Gasteiger partial charge is 0.482 e. The van der Waals surface area contributed by atoms with Crippen LogP contribution in [-0.4, -0.2) is 6.73 Å². The van der Waals surface area contributed by atoms with Crippen LogP contribution < -0.4 is 5.73 Å². The van der Waals surface area contributed by atoms with Gasteiger partial charge in [-0.05, 0) is 12.5 Å². The molecule has 0 saturated carbocycles. The van der Waals surface area contributed by atoms with E-state index in [-0.39, 0.29) is 6.73 Å². The molecule has 0 radical (unpaired) electrons. The van der Waals surface area contributed by atoms with Gasteiger partial charge in [0, 0.05) is 11.8 Å². The first-order chi connectivity index (χ1) is 6.36. The lowest BCUT2D eigenvalue weighted by Crippen LogP contribution is -2.28. The smallest absolute Gasteiger partial charge is 0.136 e. The Morgan fingerprint density at radius 2 is 2.38 bits per heavy atom. The molecule has 0 spiro atoms. The standard InChI is InChI=1S/C11H15NO/c1-2-8-6-9-4-3-5-10(11(8)9)13-7-12/h3-6,9,11H,2,7,12H2,1H3/t9?,11-/m0/s1. The Hall–Kier alpha value is -1.02. The molecule has 0 amide bonds. The molecule has 2 rings (SSSR count). The SMILES string of the molecule is CCC1=CC2C=CC=C(OCN)[C@@H]12. The average Bonchev–Trinajstić information content (AvgIpc) is 2.08. The van der Waals surface area contributed by atoms with Gasteiger partial charge in [-0.3, -0.25) is 5.73 Å². The van der Waals surface area contributed by atoms with E-state index in [1.807, 2.05) is 6.08 Å². The van der Waals surface area contributed by atoms with Crippen LogP contribution in [-0.2, 0) is 4.74 Å². The summed E-state index contributed by atoms with van der Waals surface area (Å²) in [4.78, 5) is 0. The van der Waals surface area contributed by atoms with Crippen LogP contribution in [0.4, 0.5) is 0 Å². The lowest BCUT2D eigenvalue weighted by Gasteiger charge is -2.37. The van der Waals surface area contributed by atoms with E-state index in [4.69, 9.17) is 10.5 Å². The molecule has 2 atom stereocenters. The lowest BCUT2D eigenvalue weighted by atomic mass is 9.70. The third kappa shape index (κ3) is 1.31. The van der Waals surface area contributed by atoms with E-state index in [1.165, 1.54) is 5.57 Å². The summed E-state index contributed by atoms with van der Waals surface area (Å²) in [6.07, 6.45) is 9.72. The molecule has 2 aliphatic carbocycles. The van der Waals surface area contributed by atoms with Crippen molar-refractivity contribution in [3.8, 4) is 0 Å². The molecule has 13 heavy (non-hydrogen) atoms. The summed E-state index contributed by atoms with van der Waals surface area (Å²) >= 11 is 0. The third-order valence-electron chi connectivity index (χ3n) is 2.75. The van der Waals surface area contributed by atoms with Crippen molar-refractivity contribution in [1.29, 1.82) is 0 Å². The Morgan fingerprint density at radius 1 is 1.54 bits per heavy atom. The predicted molar refractivity (Wildman–Crippen MR) is 52.7 cm³/mol. The zero-order valence-corrected chi connectivity index (χ0v) is 7.86. The number of hydrogen-bond donors (Lipinski definition) is 1. The fraction of sp³-hybridized carbons (Fsp3) is 0.455. The van der Waals surface area contributed by atoms with Crippen LogP contribution in [0.25, 0.3) is 0 Å². The van der Waals surface area contributed by atoms with Gasteiger partial charge in [0.2, 0.25) is 0 Å². The van der Waals surface area contributed by atoms with Crippen LogP contribution in [0.1, 0.15) is 13.3 Å². The minimum absolute atomic E-state index is 0.278. The average molecular weight is 177 g/mol. The van der Waals surface area contributed by atoms with Crippen LogP contribution >= 0.6 is 0 Å². The molecule has 0 aliphatic heterocycles. The fourth-order valence-corrected chi connectivity index (χ4v) is 2.07. The predicted octanol–water partition coefficient (Wildman–Crippen LogP) is 1.96. The summed E-state index contributed by atoms with van der Waals surface area (Å²) in [5, 5.41) is 0. The molecule has 2 aliphatic rings. The van der Waals surface area contributed by atoms with Crippen molar-refractivity contribution >= 4 is 0 Å². The molecule has 1 unspecified atom stereocenters. The quantitative estimate of drug-likeness (QED) is 0.528. The van der Waals surface area contributed by atoms with Crippen molar-refractivity contribution in [3.05, 3.63) is 35.6 Å². The highest BCUT2D eigenvalue weighted by Crippen LogP contribution is 2.43. The van der Waals surface area contributed by atoms with Gasteiger partial charge in [-0.25, -0.2) is 0 Å². The van der Waals surface area contributed by atoms with Crippen molar-refractivity contribution in [2.45, 2.75) is 13.3 Å². The fourth-order valence-electron chi connectivity index (χ4n) is 2.07. The van der Waals surface area contributed by atoms with Gasteiger partial charge in [-0.15, -0.1) is 0 Å². The maximum absolute atomic E-state index is 5.40. The van der Waals surface area contributed by atoms with Crippen LogP contribution in [0.15, 0.2) is 35.6 Å². The van der Waals surface area contributed by atoms with Crippen molar-refractivity contribution in [1.82, 2.24) is 0 Å². The maximum atomic E-state index is 5.40.